The van der Waals surface area contributed by atoms with Crippen LogP contribution >= 0.6 is 0 Å². The molecule has 32 heavy (non-hydrogen) atoms. The lowest BCUT2D eigenvalue weighted by atomic mass is 10.1. The molecule has 2 aromatic carbocycles. The molecule has 0 spiro atoms. The number of nitrogens with zero attached hydrogens (tertiary/aromatic N) is 2. The minimum atomic E-state index is -3.57. The first-order valence-electron chi connectivity index (χ1n) is 10.7. The number of carbonyl (C=O) groups excluding carboxylic acids is 2. The Morgan fingerprint density at radius 1 is 1.09 bits per heavy atom. The van der Waals surface area contributed by atoms with Crippen LogP contribution in [0.3, 0.4) is 0 Å². The number of amides is 2. The highest BCUT2D eigenvalue weighted by molar-refractivity contribution is 7.89. The first-order valence-corrected chi connectivity index (χ1v) is 12.1. The smallest absolute Gasteiger partial charge is 0.243 e. The predicted molar refractivity (Wildman–Crippen MR) is 120 cm³/mol. The standard InChI is InChI=1S/C23H28FN3O4S/c1-3-26(4-2)32(30,31)21-11-9-20(10-12-21)27-16-18(15-22(27)28)23(29)25-14-13-17-5-7-19(24)8-6-17/h5-12,18H,3-4,13-16H2,1-2H3,(H,25,29)/t18-/m1/s1. The average molecular weight is 462 g/mol. The van der Waals surface area contributed by atoms with Crippen molar-refractivity contribution in [1.82, 2.24) is 9.62 Å². The van der Waals surface area contributed by atoms with Crippen molar-refractivity contribution in [2.45, 2.75) is 31.6 Å². The molecule has 3 rings (SSSR count). The number of benzene rings is 2. The Morgan fingerprint density at radius 2 is 1.72 bits per heavy atom. The second-order valence-corrected chi connectivity index (χ2v) is 9.59. The molecule has 1 aliphatic rings. The number of hydrogen-bond acceptors (Lipinski definition) is 4. The van der Waals surface area contributed by atoms with E-state index >= 15 is 0 Å². The quantitative estimate of drug-likeness (QED) is 0.622. The van der Waals surface area contributed by atoms with Crippen molar-refractivity contribution in [3.8, 4) is 0 Å². The van der Waals surface area contributed by atoms with Crippen LogP contribution in [0.15, 0.2) is 53.4 Å². The van der Waals surface area contributed by atoms with E-state index in [0.29, 0.717) is 31.7 Å². The molecule has 0 aliphatic carbocycles. The van der Waals surface area contributed by atoms with Crippen molar-refractivity contribution in [3.05, 3.63) is 59.9 Å². The third-order valence-electron chi connectivity index (χ3n) is 5.61. The van der Waals surface area contributed by atoms with Gasteiger partial charge in [-0.05, 0) is 48.4 Å². The zero-order valence-corrected chi connectivity index (χ0v) is 19.1. The van der Waals surface area contributed by atoms with Gasteiger partial charge in [-0.1, -0.05) is 26.0 Å². The number of carbonyl (C=O) groups is 2. The van der Waals surface area contributed by atoms with Gasteiger partial charge in [-0.2, -0.15) is 4.31 Å². The van der Waals surface area contributed by atoms with Gasteiger partial charge in [0.25, 0.3) is 0 Å². The summed E-state index contributed by atoms with van der Waals surface area (Å²) in [5.74, 6) is -1.16. The zero-order chi connectivity index (χ0) is 23.3. The highest BCUT2D eigenvalue weighted by atomic mass is 32.2. The first kappa shape index (κ1) is 23.9. The molecule has 7 nitrogen and oxygen atoms in total. The van der Waals surface area contributed by atoms with Crippen molar-refractivity contribution in [3.63, 3.8) is 0 Å². The number of rotatable bonds is 9. The lowest BCUT2D eigenvalue weighted by molar-refractivity contribution is -0.126. The maximum atomic E-state index is 13.0. The third kappa shape index (κ3) is 5.34. The van der Waals surface area contributed by atoms with Crippen LogP contribution < -0.4 is 10.2 Å². The molecule has 1 fully saturated rings. The topological polar surface area (TPSA) is 86.8 Å². The average Bonchev–Trinajstić information content (AvgIpc) is 3.17. The van der Waals surface area contributed by atoms with Crippen LogP contribution in [0.25, 0.3) is 0 Å². The largest absolute Gasteiger partial charge is 0.355 e. The van der Waals surface area contributed by atoms with Crippen molar-refractivity contribution in [2.75, 3.05) is 31.1 Å². The second-order valence-electron chi connectivity index (χ2n) is 7.66. The van der Waals surface area contributed by atoms with Crippen LogP contribution in [0.5, 0.6) is 0 Å². The Morgan fingerprint density at radius 3 is 2.31 bits per heavy atom. The first-order chi connectivity index (χ1) is 15.3. The van der Waals surface area contributed by atoms with E-state index < -0.39 is 15.9 Å². The number of anilines is 1. The molecule has 2 amide bonds. The SMILES string of the molecule is CCN(CC)S(=O)(=O)c1ccc(N2C[C@H](C(=O)NCCc3ccc(F)cc3)CC2=O)cc1. The summed E-state index contributed by atoms with van der Waals surface area (Å²) in [4.78, 5) is 26.7. The van der Waals surface area contributed by atoms with Gasteiger partial charge in [-0.3, -0.25) is 9.59 Å². The monoisotopic (exact) mass is 461 g/mol. The summed E-state index contributed by atoms with van der Waals surface area (Å²) in [6, 6.07) is 12.3. The fraction of sp³-hybridized carbons (Fsp3) is 0.391. The van der Waals surface area contributed by atoms with E-state index in [4.69, 9.17) is 0 Å². The summed E-state index contributed by atoms with van der Waals surface area (Å²) in [6.45, 7) is 4.95. The van der Waals surface area contributed by atoms with Crippen LogP contribution in [0.2, 0.25) is 0 Å². The van der Waals surface area contributed by atoms with Crippen molar-refractivity contribution >= 4 is 27.5 Å². The van der Waals surface area contributed by atoms with E-state index in [1.807, 2.05) is 0 Å². The maximum Gasteiger partial charge on any atom is 0.243 e. The summed E-state index contributed by atoms with van der Waals surface area (Å²) in [7, 11) is -3.57. The number of hydrogen-bond donors (Lipinski definition) is 1. The van der Waals surface area contributed by atoms with Gasteiger partial charge >= 0.3 is 0 Å². The van der Waals surface area contributed by atoms with Crippen LogP contribution in [0, 0.1) is 11.7 Å². The van der Waals surface area contributed by atoms with E-state index in [2.05, 4.69) is 5.32 Å². The van der Waals surface area contributed by atoms with Gasteiger partial charge in [-0.15, -0.1) is 0 Å². The number of halogens is 1. The molecule has 2 aromatic rings. The Labute approximate surface area is 188 Å². The number of sulfonamides is 1. The second kappa shape index (κ2) is 10.2. The van der Waals surface area contributed by atoms with Gasteiger partial charge in [0.2, 0.25) is 21.8 Å². The third-order valence-corrected chi connectivity index (χ3v) is 7.68. The summed E-state index contributed by atoms with van der Waals surface area (Å²) in [5, 5.41) is 2.84. The molecule has 0 saturated carbocycles. The fourth-order valence-corrected chi connectivity index (χ4v) is 5.23. The molecule has 1 atom stereocenters. The van der Waals surface area contributed by atoms with Crippen molar-refractivity contribution in [2.24, 2.45) is 5.92 Å². The Kier molecular flexibility index (Phi) is 7.63. The molecule has 0 radical (unpaired) electrons. The molecular formula is C23H28FN3O4S. The minimum absolute atomic E-state index is 0.0991. The Bertz CT molecular complexity index is 1050. The van der Waals surface area contributed by atoms with E-state index in [-0.39, 0.29) is 35.5 Å². The normalized spacial score (nSPS) is 16.6. The van der Waals surface area contributed by atoms with Gasteiger partial charge in [0, 0.05) is 38.3 Å². The summed E-state index contributed by atoms with van der Waals surface area (Å²) >= 11 is 0. The van der Waals surface area contributed by atoms with E-state index in [0.717, 1.165) is 5.56 Å². The van der Waals surface area contributed by atoms with Gasteiger partial charge in [0.05, 0.1) is 10.8 Å². The van der Waals surface area contributed by atoms with E-state index in [1.165, 1.54) is 33.5 Å². The highest BCUT2D eigenvalue weighted by Gasteiger charge is 2.35. The summed E-state index contributed by atoms with van der Waals surface area (Å²) in [6.07, 6.45) is 0.667. The van der Waals surface area contributed by atoms with Crippen molar-refractivity contribution < 1.29 is 22.4 Å². The number of nitrogens with one attached hydrogen (secondary N) is 1. The molecule has 0 aromatic heterocycles. The molecule has 1 N–H and O–H groups in total. The minimum Gasteiger partial charge on any atom is -0.355 e. The van der Waals surface area contributed by atoms with Gasteiger partial charge in [0.15, 0.2) is 0 Å². The van der Waals surface area contributed by atoms with Crippen LogP contribution in [0.4, 0.5) is 10.1 Å². The lowest BCUT2D eigenvalue weighted by Crippen LogP contribution is -2.34. The van der Waals surface area contributed by atoms with Gasteiger partial charge in [-0.25, -0.2) is 12.8 Å². The summed E-state index contributed by atoms with van der Waals surface area (Å²) < 4.78 is 39.6. The van der Waals surface area contributed by atoms with Gasteiger partial charge < -0.3 is 10.2 Å². The summed E-state index contributed by atoms with van der Waals surface area (Å²) in [5.41, 5.74) is 1.48. The van der Waals surface area contributed by atoms with Crippen molar-refractivity contribution in [1.29, 1.82) is 0 Å². The highest BCUT2D eigenvalue weighted by Crippen LogP contribution is 2.27. The molecular weight excluding hydrogens is 433 g/mol. The van der Waals surface area contributed by atoms with E-state index in [9.17, 15) is 22.4 Å². The van der Waals surface area contributed by atoms with Crippen LogP contribution in [-0.4, -0.2) is 50.7 Å². The van der Waals surface area contributed by atoms with Crippen LogP contribution in [0.1, 0.15) is 25.8 Å². The van der Waals surface area contributed by atoms with Gasteiger partial charge in [0.1, 0.15) is 5.82 Å². The van der Waals surface area contributed by atoms with E-state index in [1.54, 1.807) is 38.1 Å². The molecule has 9 heteroatoms. The molecule has 1 saturated heterocycles. The lowest BCUT2D eigenvalue weighted by Gasteiger charge is -2.20. The maximum absolute atomic E-state index is 13.0. The predicted octanol–water partition coefficient (Wildman–Crippen LogP) is 2.57. The Hall–Kier alpha value is -2.78. The zero-order valence-electron chi connectivity index (χ0n) is 18.3. The molecule has 1 heterocycles. The Balaban J connectivity index is 1.59. The fourth-order valence-electron chi connectivity index (χ4n) is 3.77. The van der Waals surface area contributed by atoms with Crippen LogP contribution in [-0.2, 0) is 26.0 Å². The molecule has 0 bridgehead atoms. The molecule has 172 valence electrons. The molecule has 1 aliphatic heterocycles. The molecule has 0 unspecified atom stereocenters.